The van der Waals surface area contributed by atoms with E-state index in [-0.39, 0.29) is 64.2 Å². The summed E-state index contributed by atoms with van der Waals surface area (Å²) >= 11 is 0. The van der Waals surface area contributed by atoms with Gasteiger partial charge in [-0.25, -0.2) is 4.39 Å². The first-order valence-corrected chi connectivity index (χ1v) is 3.46. The molecule has 0 aliphatic rings. The summed E-state index contributed by atoms with van der Waals surface area (Å²) < 4.78 is 40.4. The fourth-order valence-corrected chi connectivity index (χ4v) is 0.636. The Hall–Kier alpha value is 1.37. The molecule has 0 aliphatic carbocycles. The van der Waals surface area contributed by atoms with Gasteiger partial charge in [-0.3, -0.25) is 0 Å². The first-order chi connectivity index (χ1) is 5.40. The predicted molar refractivity (Wildman–Crippen MR) is 43.2 cm³/mol. The van der Waals surface area contributed by atoms with Gasteiger partial charge in [0.05, 0.1) is 0 Å². The van der Waals surface area contributed by atoms with Crippen LogP contribution in [-0.4, -0.2) is 81.0 Å². The number of alkyl halides is 3. The van der Waals surface area contributed by atoms with E-state index in [1.165, 1.54) is 6.92 Å². The van der Waals surface area contributed by atoms with Crippen LogP contribution in [0.25, 0.3) is 0 Å². The zero-order valence-corrected chi connectivity index (χ0v) is 6.51. The minimum absolute atomic E-state index is 0. The molecular formula is C5H11BF3KO3. The van der Waals surface area contributed by atoms with Gasteiger partial charge in [0.25, 0.3) is 0 Å². The Morgan fingerprint density at radius 3 is 2.23 bits per heavy atom. The third kappa shape index (κ3) is 7.32. The first-order valence-electron chi connectivity index (χ1n) is 3.46. The zero-order valence-electron chi connectivity index (χ0n) is 6.51. The van der Waals surface area contributed by atoms with Crippen LogP contribution in [0.5, 0.6) is 0 Å². The second kappa shape index (κ2) is 7.64. The molecule has 0 aromatic rings. The third-order valence-electron chi connectivity index (χ3n) is 1.17. The average molecular weight is 226 g/mol. The van der Waals surface area contributed by atoms with Crippen LogP contribution in [-0.2, 0) is 4.65 Å². The Morgan fingerprint density at radius 1 is 1.46 bits per heavy atom. The number of halogens is 3. The third-order valence-corrected chi connectivity index (χ3v) is 1.17. The van der Waals surface area contributed by atoms with Crippen molar-refractivity contribution >= 4 is 58.7 Å². The van der Waals surface area contributed by atoms with Crippen molar-refractivity contribution in [3.05, 3.63) is 0 Å². The quantitative estimate of drug-likeness (QED) is 0.651. The van der Waals surface area contributed by atoms with Gasteiger partial charge in [-0.2, -0.15) is 8.78 Å². The van der Waals surface area contributed by atoms with Crippen molar-refractivity contribution in [3.8, 4) is 0 Å². The summed E-state index contributed by atoms with van der Waals surface area (Å²) in [5.74, 6) is 0. The summed E-state index contributed by atoms with van der Waals surface area (Å²) in [6.07, 6.45) is -6.81. The van der Waals surface area contributed by atoms with Gasteiger partial charge in [0.1, 0.15) is 0 Å². The summed E-state index contributed by atoms with van der Waals surface area (Å²) in [6.45, 7) is 1.53. The van der Waals surface area contributed by atoms with Gasteiger partial charge >= 0.3 is 64.8 Å². The van der Waals surface area contributed by atoms with E-state index < -0.39 is 19.6 Å². The molecule has 0 rings (SSSR count). The summed E-state index contributed by atoms with van der Waals surface area (Å²) in [4.78, 5) is 0. The van der Waals surface area contributed by atoms with Gasteiger partial charge in [0.15, 0.2) is 6.17 Å². The second-order valence-electron chi connectivity index (χ2n) is 2.26. The summed E-state index contributed by atoms with van der Waals surface area (Å²) in [5.41, 5.74) is 0. The molecule has 0 radical (unpaired) electrons. The van der Waals surface area contributed by atoms with Crippen LogP contribution < -0.4 is 0 Å². The van der Waals surface area contributed by atoms with Gasteiger partial charge in [-0.1, -0.05) is 13.3 Å². The van der Waals surface area contributed by atoms with Crippen LogP contribution >= 0.6 is 0 Å². The molecular weight excluding hydrogens is 215 g/mol. The van der Waals surface area contributed by atoms with Crippen LogP contribution in [0.2, 0.25) is 0 Å². The summed E-state index contributed by atoms with van der Waals surface area (Å²) in [7, 11) is -2.66. The summed E-state index contributed by atoms with van der Waals surface area (Å²) in [6, 6.07) is 0. The van der Waals surface area contributed by atoms with Crippen molar-refractivity contribution in [2.24, 2.45) is 0 Å². The maximum absolute atomic E-state index is 12.4. The molecule has 0 aromatic carbocycles. The number of hydrogen-bond donors (Lipinski definition) is 2. The topological polar surface area (TPSA) is 49.7 Å². The molecule has 0 amide bonds. The van der Waals surface area contributed by atoms with E-state index in [4.69, 9.17) is 10.0 Å². The molecule has 0 spiro atoms. The fraction of sp³-hybridized carbons (Fsp3) is 1.00. The molecule has 0 aromatic heterocycles. The SMILES string of the molecule is CCCC(F)C(F)(F)OB(O)O.[KH]. The van der Waals surface area contributed by atoms with Crippen LogP contribution in [0.15, 0.2) is 0 Å². The monoisotopic (exact) mass is 226 g/mol. The van der Waals surface area contributed by atoms with Crippen molar-refractivity contribution in [1.29, 1.82) is 0 Å². The normalized spacial score (nSPS) is 13.4. The van der Waals surface area contributed by atoms with Gasteiger partial charge in [0.2, 0.25) is 0 Å². The molecule has 2 N–H and O–H groups in total. The molecule has 13 heavy (non-hydrogen) atoms. The molecule has 1 atom stereocenters. The van der Waals surface area contributed by atoms with Crippen molar-refractivity contribution in [3.63, 3.8) is 0 Å². The van der Waals surface area contributed by atoms with Crippen molar-refractivity contribution in [2.45, 2.75) is 32.0 Å². The number of rotatable bonds is 5. The standard InChI is InChI=1S/C5H10BF3O3.K.H/c1-2-3-4(7)5(8,9)12-6(10)11;;/h4,10-11H,2-3H2,1H3;;. The maximum atomic E-state index is 12.4. The molecule has 0 fully saturated rings. The van der Waals surface area contributed by atoms with Gasteiger partial charge in [-0.15, -0.1) is 0 Å². The van der Waals surface area contributed by atoms with Crippen molar-refractivity contribution < 1.29 is 27.9 Å². The Labute approximate surface area is 117 Å². The van der Waals surface area contributed by atoms with Crippen LogP contribution in [0, 0.1) is 0 Å². The van der Waals surface area contributed by atoms with E-state index in [1.807, 2.05) is 0 Å². The summed E-state index contributed by atoms with van der Waals surface area (Å²) in [5, 5.41) is 16.0. The van der Waals surface area contributed by atoms with E-state index in [0.717, 1.165) is 0 Å². The Kier molecular flexibility index (Phi) is 9.86. The molecule has 0 bridgehead atoms. The van der Waals surface area contributed by atoms with Crippen LogP contribution in [0.3, 0.4) is 0 Å². The first kappa shape index (κ1) is 16.8. The minimum atomic E-state index is -4.13. The number of hydrogen-bond acceptors (Lipinski definition) is 3. The Bertz CT molecular complexity index is 138. The molecule has 8 heteroatoms. The van der Waals surface area contributed by atoms with E-state index in [0.29, 0.717) is 0 Å². The molecule has 0 saturated heterocycles. The van der Waals surface area contributed by atoms with Gasteiger partial charge in [-0.05, 0) is 6.42 Å². The van der Waals surface area contributed by atoms with Crippen molar-refractivity contribution in [2.75, 3.05) is 0 Å². The molecule has 3 nitrogen and oxygen atoms in total. The average Bonchev–Trinajstić information content (AvgIpc) is 1.85. The Morgan fingerprint density at radius 2 is 1.92 bits per heavy atom. The molecule has 0 aliphatic heterocycles. The molecule has 0 heterocycles. The van der Waals surface area contributed by atoms with E-state index in [1.54, 1.807) is 0 Å². The van der Waals surface area contributed by atoms with Crippen LogP contribution in [0.4, 0.5) is 13.2 Å². The van der Waals surface area contributed by atoms with Crippen molar-refractivity contribution in [1.82, 2.24) is 0 Å². The Balaban J connectivity index is 0. The molecule has 0 saturated carbocycles. The van der Waals surface area contributed by atoms with Gasteiger partial charge in [0, 0.05) is 0 Å². The van der Waals surface area contributed by atoms with E-state index in [9.17, 15) is 13.2 Å². The zero-order chi connectivity index (χ0) is 9.78. The predicted octanol–water partition coefficient (Wildman–Crippen LogP) is 0.0550. The molecule has 1 unspecified atom stereocenters. The second-order valence-corrected chi connectivity index (χ2v) is 2.26. The van der Waals surface area contributed by atoms with E-state index in [2.05, 4.69) is 4.65 Å². The van der Waals surface area contributed by atoms with Gasteiger partial charge < -0.3 is 14.7 Å². The fourth-order valence-electron chi connectivity index (χ4n) is 0.636. The van der Waals surface area contributed by atoms with Crippen LogP contribution in [0.1, 0.15) is 19.8 Å². The molecule has 74 valence electrons. The van der Waals surface area contributed by atoms with E-state index >= 15 is 0 Å².